The molecule has 0 spiro atoms. The predicted molar refractivity (Wildman–Crippen MR) is 136 cm³/mol. The zero-order chi connectivity index (χ0) is 29.0. The van der Waals surface area contributed by atoms with Crippen molar-refractivity contribution in [3.63, 3.8) is 0 Å². The highest BCUT2D eigenvalue weighted by Crippen LogP contribution is 2.37. The third-order valence-corrected chi connectivity index (χ3v) is 6.49. The number of benzene rings is 3. The molecule has 212 valence electrons. The van der Waals surface area contributed by atoms with Crippen LogP contribution in [0.1, 0.15) is 45.1 Å². The van der Waals surface area contributed by atoms with Gasteiger partial charge in [-0.1, -0.05) is 13.0 Å². The van der Waals surface area contributed by atoms with Crippen molar-refractivity contribution in [3.05, 3.63) is 82.9 Å². The molecule has 3 aromatic carbocycles. The van der Waals surface area contributed by atoms with Gasteiger partial charge in [-0.15, -0.1) is 0 Å². The molecule has 1 atom stereocenters. The minimum atomic E-state index is -1.55. The van der Waals surface area contributed by atoms with Gasteiger partial charge in [0.25, 0.3) is 0 Å². The fraction of sp³-hybridized carbons (Fsp3) is 0.300. The van der Waals surface area contributed by atoms with E-state index in [0.717, 1.165) is 24.3 Å². The van der Waals surface area contributed by atoms with Gasteiger partial charge in [0, 0.05) is 16.7 Å². The lowest BCUT2D eigenvalue weighted by Crippen LogP contribution is -2.23. The summed E-state index contributed by atoms with van der Waals surface area (Å²) in [6, 6.07) is 6.83. The zero-order valence-electron chi connectivity index (χ0n) is 21.8. The molecule has 10 heteroatoms. The first-order valence-corrected chi connectivity index (χ1v) is 12.8. The molecular weight excluding hydrogens is 538 g/mol. The number of carbonyl (C=O) groups is 1. The third kappa shape index (κ3) is 5.80. The van der Waals surface area contributed by atoms with Crippen LogP contribution < -0.4 is 14.2 Å². The molecule has 0 fully saturated rings. The molecule has 0 amide bonds. The first-order valence-electron chi connectivity index (χ1n) is 12.8. The summed E-state index contributed by atoms with van der Waals surface area (Å²) in [4.78, 5) is 12.7. The van der Waals surface area contributed by atoms with Crippen molar-refractivity contribution in [3.8, 4) is 28.4 Å². The predicted octanol–water partition coefficient (Wildman–Crippen LogP) is 8.16. The van der Waals surface area contributed by atoms with Crippen molar-refractivity contribution in [1.82, 2.24) is 0 Å². The highest BCUT2D eigenvalue weighted by molar-refractivity contribution is 5.78. The van der Waals surface area contributed by atoms with Crippen LogP contribution in [0.3, 0.4) is 0 Å². The average molecular weight is 565 g/mol. The molecule has 0 radical (unpaired) electrons. The first-order chi connectivity index (χ1) is 19.2. The van der Waals surface area contributed by atoms with E-state index in [1.165, 1.54) is 12.1 Å². The summed E-state index contributed by atoms with van der Waals surface area (Å²) in [6.45, 7) is 3.73. The summed E-state index contributed by atoms with van der Waals surface area (Å²) in [5.41, 5.74) is -0.556. The summed E-state index contributed by atoms with van der Waals surface area (Å²) in [5, 5.41) is 0. The Bertz CT molecular complexity index is 1450. The lowest BCUT2D eigenvalue weighted by Gasteiger charge is -2.21. The maximum atomic E-state index is 14.8. The second-order valence-electron chi connectivity index (χ2n) is 9.12. The fourth-order valence-corrected chi connectivity index (χ4v) is 4.41. The Balaban J connectivity index is 1.47. The summed E-state index contributed by atoms with van der Waals surface area (Å²) >= 11 is 0. The molecular formula is C30H26F6O4. The van der Waals surface area contributed by atoms with Crippen molar-refractivity contribution < 1.29 is 45.3 Å². The summed E-state index contributed by atoms with van der Waals surface area (Å²) in [6.07, 6.45) is 2.71. The number of allylic oxidation sites excluding steroid dienone is 2. The van der Waals surface area contributed by atoms with Gasteiger partial charge in [-0.25, -0.2) is 13.2 Å². The van der Waals surface area contributed by atoms with E-state index in [1.54, 1.807) is 13.0 Å². The molecule has 3 aromatic rings. The van der Waals surface area contributed by atoms with E-state index in [-0.39, 0.29) is 49.5 Å². The second kappa shape index (κ2) is 12.5. The maximum Gasteiger partial charge on any atom is 0.314 e. The molecule has 0 aliphatic heterocycles. The van der Waals surface area contributed by atoms with Crippen molar-refractivity contribution >= 4 is 11.5 Å². The molecule has 4 nitrogen and oxygen atoms in total. The maximum absolute atomic E-state index is 14.8. The number of rotatable bonds is 9. The van der Waals surface area contributed by atoms with E-state index in [1.807, 2.05) is 6.92 Å². The van der Waals surface area contributed by atoms with Gasteiger partial charge in [0.05, 0.1) is 19.1 Å². The van der Waals surface area contributed by atoms with E-state index < -0.39 is 63.7 Å². The van der Waals surface area contributed by atoms with E-state index in [2.05, 4.69) is 0 Å². The summed E-state index contributed by atoms with van der Waals surface area (Å²) in [7, 11) is 0. The molecule has 0 N–H and O–H groups in total. The van der Waals surface area contributed by atoms with Gasteiger partial charge >= 0.3 is 5.97 Å². The normalized spacial score (nSPS) is 15.0. The standard InChI is InChI=1S/C30H26F6O4/c1-3-15-39-22-12-9-18(24(31)28(22)35)16-5-7-17(8-6-16)30(37)40-23-14-11-20(26(33)29(23)36)19-10-13-21(38-4-2)27(34)25(19)32/h5,9-14,17H,3-4,6-8,15H2,1-2H3. The Morgan fingerprint density at radius 1 is 0.725 bits per heavy atom. The van der Waals surface area contributed by atoms with Crippen molar-refractivity contribution in [1.29, 1.82) is 0 Å². The molecule has 0 saturated heterocycles. The van der Waals surface area contributed by atoms with Crippen LogP contribution in [0.4, 0.5) is 26.3 Å². The molecule has 0 heterocycles. The van der Waals surface area contributed by atoms with Crippen molar-refractivity contribution in [2.24, 2.45) is 5.92 Å². The lowest BCUT2D eigenvalue weighted by atomic mass is 9.86. The van der Waals surface area contributed by atoms with Gasteiger partial charge in [-0.05, 0) is 74.6 Å². The first kappa shape index (κ1) is 29.0. The monoisotopic (exact) mass is 564 g/mol. The van der Waals surface area contributed by atoms with Gasteiger partial charge < -0.3 is 14.2 Å². The van der Waals surface area contributed by atoms with Gasteiger partial charge in [0.2, 0.25) is 17.5 Å². The number of hydrogen-bond acceptors (Lipinski definition) is 4. The van der Waals surface area contributed by atoms with Crippen LogP contribution in [-0.2, 0) is 4.79 Å². The third-order valence-electron chi connectivity index (χ3n) is 6.49. The topological polar surface area (TPSA) is 44.8 Å². The fourth-order valence-electron chi connectivity index (χ4n) is 4.41. The molecule has 0 aromatic heterocycles. The molecule has 1 unspecified atom stereocenters. The number of hydrogen-bond donors (Lipinski definition) is 0. The quantitative estimate of drug-likeness (QED) is 0.149. The molecule has 0 saturated carbocycles. The summed E-state index contributed by atoms with van der Waals surface area (Å²) in [5.74, 6) is -10.9. The Hall–Kier alpha value is -3.95. The van der Waals surface area contributed by atoms with Gasteiger partial charge in [-0.2, -0.15) is 13.2 Å². The minimum Gasteiger partial charge on any atom is -0.491 e. The largest absolute Gasteiger partial charge is 0.491 e. The molecule has 1 aliphatic rings. The molecule has 40 heavy (non-hydrogen) atoms. The smallest absolute Gasteiger partial charge is 0.314 e. The van der Waals surface area contributed by atoms with Crippen LogP contribution in [-0.4, -0.2) is 19.2 Å². The number of ether oxygens (including phenoxy) is 3. The molecule has 1 aliphatic carbocycles. The van der Waals surface area contributed by atoms with Crippen LogP contribution in [0.25, 0.3) is 16.7 Å². The zero-order valence-corrected chi connectivity index (χ0v) is 21.8. The van der Waals surface area contributed by atoms with Gasteiger partial charge in [-0.3, -0.25) is 4.79 Å². The van der Waals surface area contributed by atoms with Crippen LogP contribution in [0.5, 0.6) is 17.2 Å². The van der Waals surface area contributed by atoms with Gasteiger partial charge in [0.15, 0.2) is 34.7 Å². The second-order valence-corrected chi connectivity index (χ2v) is 9.12. The van der Waals surface area contributed by atoms with Crippen molar-refractivity contribution in [2.45, 2.75) is 39.5 Å². The van der Waals surface area contributed by atoms with Crippen LogP contribution in [0, 0.1) is 40.8 Å². The van der Waals surface area contributed by atoms with Crippen LogP contribution in [0.15, 0.2) is 42.5 Å². The van der Waals surface area contributed by atoms with Gasteiger partial charge in [0.1, 0.15) is 0 Å². The molecule has 0 bridgehead atoms. The summed E-state index contributed by atoms with van der Waals surface area (Å²) < 4.78 is 103. The molecule has 4 rings (SSSR count). The van der Waals surface area contributed by atoms with E-state index in [9.17, 15) is 31.1 Å². The van der Waals surface area contributed by atoms with Crippen LogP contribution >= 0.6 is 0 Å². The Morgan fingerprint density at radius 2 is 1.25 bits per heavy atom. The SMILES string of the molecule is CCCOc1ccc(C2=CCC(C(=O)Oc3ccc(-c4ccc(OCC)c(F)c4F)c(F)c3F)CC2)c(F)c1F. The Kier molecular flexibility index (Phi) is 9.07. The van der Waals surface area contributed by atoms with Crippen molar-refractivity contribution in [2.75, 3.05) is 13.2 Å². The number of esters is 1. The van der Waals surface area contributed by atoms with Crippen LogP contribution in [0.2, 0.25) is 0 Å². The van der Waals surface area contributed by atoms with E-state index in [4.69, 9.17) is 14.2 Å². The Morgan fingerprint density at radius 3 is 1.80 bits per heavy atom. The number of halogens is 6. The minimum absolute atomic E-state index is 0.0508. The average Bonchev–Trinajstić information content (AvgIpc) is 2.95. The number of carbonyl (C=O) groups excluding carboxylic acids is 1. The highest BCUT2D eigenvalue weighted by Gasteiger charge is 2.28. The Labute approximate surface area is 227 Å². The highest BCUT2D eigenvalue weighted by atomic mass is 19.2. The van der Waals surface area contributed by atoms with E-state index >= 15 is 0 Å². The lowest BCUT2D eigenvalue weighted by molar-refractivity contribution is -0.139. The van der Waals surface area contributed by atoms with E-state index in [0.29, 0.717) is 12.0 Å².